The fourth-order valence-electron chi connectivity index (χ4n) is 1.60. The Hall–Kier alpha value is -1.59. The van der Waals surface area contributed by atoms with Crippen LogP contribution < -0.4 is 5.73 Å². The summed E-state index contributed by atoms with van der Waals surface area (Å²) < 4.78 is 10.2. The van der Waals surface area contributed by atoms with Crippen LogP contribution in [0, 0.1) is 0 Å². The van der Waals surface area contributed by atoms with E-state index in [0.29, 0.717) is 19.8 Å². The smallest absolute Gasteiger partial charge is 0.404 e. The Bertz CT molecular complexity index is 357. The first-order valence-electron chi connectivity index (χ1n) is 6.41. The molecule has 0 aliphatic rings. The van der Waals surface area contributed by atoms with Crippen molar-refractivity contribution in [2.45, 2.75) is 13.0 Å². The maximum Gasteiger partial charge on any atom is 0.404 e. The van der Waals surface area contributed by atoms with E-state index in [9.17, 15) is 4.79 Å². The van der Waals surface area contributed by atoms with Gasteiger partial charge in [-0.25, -0.2) is 4.79 Å². The molecule has 0 unspecified atom stereocenters. The van der Waals surface area contributed by atoms with Gasteiger partial charge in [-0.2, -0.15) is 0 Å². The Kier molecular flexibility index (Phi) is 7.62. The number of hydrogen-bond acceptors (Lipinski definition) is 4. The van der Waals surface area contributed by atoms with E-state index >= 15 is 0 Å². The van der Waals surface area contributed by atoms with Crippen molar-refractivity contribution in [1.29, 1.82) is 0 Å². The van der Waals surface area contributed by atoms with Crippen LogP contribution in [0.25, 0.3) is 0 Å². The lowest BCUT2D eigenvalue weighted by Crippen LogP contribution is -2.25. The third-order valence-corrected chi connectivity index (χ3v) is 2.66. The molecule has 0 aromatic heterocycles. The highest BCUT2D eigenvalue weighted by Crippen LogP contribution is 2.00. The van der Waals surface area contributed by atoms with Crippen molar-refractivity contribution in [2.75, 3.05) is 33.4 Å². The minimum atomic E-state index is -0.714. The number of carbonyl (C=O) groups excluding carboxylic acids is 1. The molecular formula is C14H22N2O3. The number of hydrogen-bond donors (Lipinski definition) is 1. The Morgan fingerprint density at radius 2 is 1.95 bits per heavy atom. The molecule has 0 aliphatic heterocycles. The van der Waals surface area contributed by atoms with E-state index in [0.717, 1.165) is 19.5 Å². The molecule has 0 spiro atoms. The molecule has 106 valence electrons. The molecule has 1 aromatic carbocycles. The predicted octanol–water partition coefficient (Wildman–Crippen LogP) is 1.62. The molecule has 19 heavy (non-hydrogen) atoms. The average Bonchev–Trinajstić information content (AvgIpc) is 2.41. The number of nitrogens with two attached hydrogens (primary N) is 1. The van der Waals surface area contributed by atoms with Crippen LogP contribution in [-0.2, 0) is 16.1 Å². The Labute approximate surface area is 114 Å². The van der Waals surface area contributed by atoms with Gasteiger partial charge in [-0.3, -0.25) is 0 Å². The van der Waals surface area contributed by atoms with Crippen LogP contribution >= 0.6 is 0 Å². The molecular weight excluding hydrogens is 244 g/mol. The third kappa shape index (κ3) is 8.18. The summed E-state index contributed by atoms with van der Waals surface area (Å²) in [5, 5.41) is 0. The van der Waals surface area contributed by atoms with Crippen molar-refractivity contribution in [1.82, 2.24) is 4.90 Å². The number of carbonyl (C=O) groups is 1. The topological polar surface area (TPSA) is 64.8 Å². The van der Waals surface area contributed by atoms with Crippen molar-refractivity contribution >= 4 is 6.09 Å². The van der Waals surface area contributed by atoms with Gasteiger partial charge in [0, 0.05) is 13.1 Å². The standard InChI is InChI=1S/C14H22N2O3/c1-16(8-5-10-19-14(15)17)9-11-18-12-13-6-3-2-4-7-13/h2-4,6-7H,5,8-12H2,1H3,(H2,15,17). The Morgan fingerprint density at radius 1 is 1.21 bits per heavy atom. The molecule has 0 fully saturated rings. The van der Waals surface area contributed by atoms with Crippen LogP contribution in [0.4, 0.5) is 4.79 Å². The van der Waals surface area contributed by atoms with E-state index in [1.165, 1.54) is 5.56 Å². The average molecular weight is 266 g/mol. The zero-order valence-corrected chi connectivity index (χ0v) is 11.4. The van der Waals surface area contributed by atoms with Gasteiger partial charge in [0.15, 0.2) is 0 Å². The third-order valence-electron chi connectivity index (χ3n) is 2.66. The molecule has 0 radical (unpaired) electrons. The van der Waals surface area contributed by atoms with Gasteiger partial charge in [-0.05, 0) is 19.0 Å². The van der Waals surface area contributed by atoms with Gasteiger partial charge in [-0.1, -0.05) is 30.3 Å². The van der Waals surface area contributed by atoms with Crippen LogP contribution in [0.15, 0.2) is 30.3 Å². The molecule has 0 bridgehead atoms. The monoisotopic (exact) mass is 266 g/mol. The van der Waals surface area contributed by atoms with Crippen molar-refractivity contribution in [3.8, 4) is 0 Å². The fraction of sp³-hybridized carbons (Fsp3) is 0.500. The summed E-state index contributed by atoms with van der Waals surface area (Å²) in [5.41, 5.74) is 6.05. The molecule has 5 nitrogen and oxygen atoms in total. The van der Waals surface area contributed by atoms with E-state index in [-0.39, 0.29) is 0 Å². The van der Waals surface area contributed by atoms with Crippen molar-refractivity contribution < 1.29 is 14.3 Å². The lowest BCUT2D eigenvalue weighted by Gasteiger charge is -2.16. The summed E-state index contributed by atoms with van der Waals surface area (Å²) in [6.45, 7) is 3.39. The maximum absolute atomic E-state index is 10.4. The number of rotatable bonds is 9. The highest BCUT2D eigenvalue weighted by atomic mass is 16.5. The first-order valence-corrected chi connectivity index (χ1v) is 6.41. The van der Waals surface area contributed by atoms with Crippen molar-refractivity contribution in [2.24, 2.45) is 5.73 Å². The van der Waals surface area contributed by atoms with Gasteiger partial charge in [0.25, 0.3) is 0 Å². The van der Waals surface area contributed by atoms with E-state index in [4.69, 9.17) is 10.5 Å². The number of nitrogens with zero attached hydrogens (tertiary/aromatic N) is 1. The quantitative estimate of drug-likeness (QED) is 0.690. The predicted molar refractivity (Wildman–Crippen MR) is 73.7 cm³/mol. The van der Waals surface area contributed by atoms with Crippen molar-refractivity contribution in [3.63, 3.8) is 0 Å². The largest absolute Gasteiger partial charge is 0.450 e. The zero-order valence-electron chi connectivity index (χ0n) is 11.4. The summed E-state index contributed by atoms with van der Waals surface area (Å²) >= 11 is 0. The molecule has 5 heteroatoms. The van der Waals surface area contributed by atoms with E-state index in [1.54, 1.807) is 0 Å². The second-order valence-electron chi connectivity index (χ2n) is 4.36. The van der Waals surface area contributed by atoms with Gasteiger partial charge in [0.2, 0.25) is 0 Å². The highest BCUT2D eigenvalue weighted by Gasteiger charge is 2.00. The lowest BCUT2D eigenvalue weighted by molar-refractivity contribution is 0.0963. The van der Waals surface area contributed by atoms with Gasteiger partial charge in [-0.15, -0.1) is 0 Å². The fourth-order valence-corrected chi connectivity index (χ4v) is 1.60. The SMILES string of the molecule is CN(CCCOC(N)=O)CCOCc1ccccc1. The highest BCUT2D eigenvalue weighted by molar-refractivity contribution is 5.64. The minimum Gasteiger partial charge on any atom is -0.450 e. The van der Waals surface area contributed by atoms with Crippen LogP contribution in [-0.4, -0.2) is 44.3 Å². The molecule has 0 heterocycles. The van der Waals surface area contributed by atoms with E-state index in [2.05, 4.69) is 9.64 Å². The zero-order chi connectivity index (χ0) is 13.9. The Morgan fingerprint density at radius 3 is 2.63 bits per heavy atom. The summed E-state index contributed by atoms with van der Waals surface area (Å²) in [5.74, 6) is 0. The van der Waals surface area contributed by atoms with Crippen LogP contribution in [0.5, 0.6) is 0 Å². The molecule has 1 rings (SSSR count). The molecule has 1 amide bonds. The second-order valence-corrected chi connectivity index (χ2v) is 4.36. The van der Waals surface area contributed by atoms with Crippen LogP contribution in [0.2, 0.25) is 0 Å². The molecule has 1 aromatic rings. The van der Waals surface area contributed by atoms with E-state index < -0.39 is 6.09 Å². The summed E-state index contributed by atoms with van der Waals surface area (Å²) in [6, 6.07) is 10.1. The molecule has 0 aliphatic carbocycles. The van der Waals surface area contributed by atoms with Gasteiger partial charge in [0.05, 0.1) is 19.8 Å². The summed E-state index contributed by atoms with van der Waals surface area (Å²) in [6.07, 6.45) is 0.0619. The van der Waals surface area contributed by atoms with Gasteiger partial charge in [0.1, 0.15) is 0 Å². The summed E-state index contributed by atoms with van der Waals surface area (Å²) in [7, 11) is 2.01. The normalized spacial score (nSPS) is 10.6. The lowest BCUT2D eigenvalue weighted by atomic mass is 10.2. The van der Waals surface area contributed by atoms with Gasteiger partial charge >= 0.3 is 6.09 Å². The second kappa shape index (κ2) is 9.35. The van der Waals surface area contributed by atoms with Gasteiger partial charge < -0.3 is 20.1 Å². The Balaban J connectivity index is 1.98. The molecule has 0 atom stereocenters. The van der Waals surface area contributed by atoms with Crippen LogP contribution in [0.3, 0.4) is 0 Å². The number of primary amides is 1. The number of amides is 1. The first kappa shape index (κ1) is 15.5. The number of ether oxygens (including phenoxy) is 2. The molecule has 2 N–H and O–H groups in total. The minimum absolute atomic E-state index is 0.366. The molecule has 0 saturated carbocycles. The van der Waals surface area contributed by atoms with Crippen LogP contribution in [0.1, 0.15) is 12.0 Å². The number of likely N-dealkylation sites (N-methyl/N-ethyl adjacent to an activating group) is 1. The van der Waals surface area contributed by atoms with Crippen molar-refractivity contribution in [3.05, 3.63) is 35.9 Å². The first-order chi connectivity index (χ1) is 9.18. The summed E-state index contributed by atoms with van der Waals surface area (Å²) in [4.78, 5) is 12.5. The maximum atomic E-state index is 10.4. The molecule has 0 saturated heterocycles. The van der Waals surface area contributed by atoms with E-state index in [1.807, 2.05) is 37.4 Å². The number of benzene rings is 1.